The summed E-state index contributed by atoms with van der Waals surface area (Å²) in [5, 5.41) is 0. The molecule has 1 amide bonds. The van der Waals surface area contributed by atoms with Crippen LogP contribution in [0, 0.1) is 6.92 Å². The van der Waals surface area contributed by atoms with Gasteiger partial charge in [-0.3, -0.25) is 14.6 Å². The van der Waals surface area contributed by atoms with Crippen molar-refractivity contribution in [3.63, 3.8) is 0 Å². The third kappa shape index (κ3) is 3.65. The van der Waals surface area contributed by atoms with E-state index in [1.54, 1.807) is 32.4 Å². The smallest absolute Gasteiger partial charge is 0.276 e. The van der Waals surface area contributed by atoms with E-state index in [0.717, 1.165) is 0 Å². The molecule has 0 unspecified atom stereocenters. The van der Waals surface area contributed by atoms with E-state index in [9.17, 15) is 4.79 Å². The molecule has 5 heteroatoms. The third-order valence-electron chi connectivity index (χ3n) is 1.81. The Kier molecular flexibility index (Phi) is 4.73. The average Bonchev–Trinajstić information content (AvgIpc) is 2.25. The summed E-state index contributed by atoms with van der Waals surface area (Å²) in [6, 6.07) is 3.40. The SMILES string of the molecule is COCCONC(=O)c1cccnc1C. The van der Waals surface area contributed by atoms with Crippen LogP contribution in [0.4, 0.5) is 0 Å². The number of carbonyl (C=O) groups is 1. The standard InChI is InChI=1S/C10H14N2O3/c1-8-9(4-3-5-11-8)10(13)12-15-7-6-14-2/h3-5H,6-7H2,1-2H3,(H,12,13). The van der Waals surface area contributed by atoms with Crippen molar-refractivity contribution in [1.29, 1.82) is 0 Å². The predicted octanol–water partition coefficient (Wildman–Crippen LogP) is 0.698. The predicted molar refractivity (Wildman–Crippen MR) is 54.3 cm³/mol. The Morgan fingerprint density at radius 1 is 1.53 bits per heavy atom. The van der Waals surface area contributed by atoms with Crippen LogP contribution in [0.2, 0.25) is 0 Å². The number of pyridine rings is 1. The highest BCUT2D eigenvalue weighted by atomic mass is 16.7. The van der Waals surface area contributed by atoms with Gasteiger partial charge in [0.2, 0.25) is 0 Å². The fourth-order valence-corrected chi connectivity index (χ4v) is 1.02. The molecule has 0 saturated carbocycles. The van der Waals surface area contributed by atoms with Crippen LogP contribution in [0.15, 0.2) is 18.3 Å². The molecule has 0 aliphatic heterocycles. The lowest BCUT2D eigenvalue weighted by molar-refractivity contribution is 0.00882. The lowest BCUT2D eigenvalue weighted by atomic mass is 10.2. The number of hydroxylamine groups is 1. The quantitative estimate of drug-likeness (QED) is 0.574. The fraction of sp³-hybridized carbons (Fsp3) is 0.400. The van der Waals surface area contributed by atoms with Crippen LogP contribution in [-0.2, 0) is 9.57 Å². The van der Waals surface area contributed by atoms with Crippen molar-refractivity contribution in [2.75, 3.05) is 20.3 Å². The van der Waals surface area contributed by atoms with Crippen molar-refractivity contribution in [3.05, 3.63) is 29.6 Å². The van der Waals surface area contributed by atoms with Crippen LogP contribution in [-0.4, -0.2) is 31.2 Å². The second-order valence-corrected chi connectivity index (χ2v) is 2.91. The van der Waals surface area contributed by atoms with Crippen molar-refractivity contribution in [1.82, 2.24) is 10.5 Å². The van der Waals surface area contributed by atoms with Crippen LogP contribution < -0.4 is 5.48 Å². The maximum atomic E-state index is 11.5. The summed E-state index contributed by atoms with van der Waals surface area (Å²) in [5.41, 5.74) is 3.50. The van der Waals surface area contributed by atoms with Gasteiger partial charge in [-0.15, -0.1) is 0 Å². The summed E-state index contributed by atoms with van der Waals surface area (Å²) >= 11 is 0. The maximum Gasteiger partial charge on any atom is 0.276 e. The van der Waals surface area contributed by atoms with E-state index in [-0.39, 0.29) is 5.91 Å². The van der Waals surface area contributed by atoms with E-state index in [1.165, 1.54) is 0 Å². The van der Waals surface area contributed by atoms with Crippen molar-refractivity contribution in [3.8, 4) is 0 Å². The van der Waals surface area contributed by atoms with Gasteiger partial charge in [-0.25, -0.2) is 5.48 Å². The van der Waals surface area contributed by atoms with Gasteiger partial charge in [0.05, 0.1) is 24.5 Å². The third-order valence-corrected chi connectivity index (χ3v) is 1.81. The molecule has 0 spiro atoms. The molecule has 0 fully saturated rings. The van der Waals surface area contributed by atoms with Crippen molar-refractivity contribution in [2.24, 2.45) is 0 Å². The van der Waals surface area contributed by atoms with Crippen molar-refractivity contribution >= 4 is 5.91 Å². The number of amides is 1. The van der Waals surface area contributed by atoms with E-state index < -0.39 is 0 Å². The van der Waals surface area contributed by atoms with Crippen molar-refractivity contribution < 1.29 is 14.4 Å². The Bertz CT molecular complexity index is 328. The number of nitrogens with zero attached hydrogens (tertiary/aromatic N) is 1. The zero-order valence-corrected chi connectivity index (χ0v) is 8.82. The molecule has 15 heavy (non-hydrogen) atoms. The molecule has 0 radical (unpaired) electrons. The number of methoxy groups -OCH3 is 1. The second kappa shape index (κ2) is 6.10. The van der Waals surface area contributed by atoms with Crippen LogP contribution >= 0.6 is 0 Å². The number of ether oxygens (including phenoxy) is 1. The van der Waals surface area contributed by atoms with Gasteiger partial charge >= 0.3 is 0 Å². The maximum absolute atomic E-state index is 11.5. The molecule has 0 aliphatic rings. The van der Waals surface area contributed by atoms with E-state index in [1.807, 2.05) is 0 Å². The average molecular weight is 210 g/mol. The molecule has 1 rings (SSSR count). The van der Waals surface area contributed by atoms with Gasteiger partial charge in [-0.1, -0.05) is 0 Å². The Balaban J connectivity index is 2.44. The number of carbonyl (C=O) groups excluding carboxylic acids is 1. The largest absolute Gasteiger partial charge is 0.382 e. The molecular formula is C10H14N2O3. The lowest BCUT2D eigenvalue weighted by Crippen LogP contribution is -2.26. The van der Waals surface area contributed by atoms with Gasteiger partial charge in [0.15, 0.2) is 0 Å². The number of rotatable bonds is 5. The zero-order valence-electron chi connectivity index (χ0n) is 8.82. The molecule has 1 N–H and O–H groups in total. The van der Waals surface area contributed by atoms with Crippen LogP contribution in [0.5, 0.6) is 0 Å². The monoisotopic (exact) mass is 210 g/mol. The highest BCUT2D eigenvalue weighted by Crippen LogP contribution is 2.02. The minimum atomic E-state index is -0.295. The van der Waals surface area contributed by atoms with Gasteiger partial charge < -0.3 is 4.74 Å². The number of aryl methyl sites for hydroxylation is 1. The van der Waals surface area contributed by atoms with Gasteiger partial charge in [-0.05, 0) is 19.1 Å². The molecule has 0 saturated heterocycles. The molecule has 0 aliphatic carbocycles. The first-order valence-corrected chi connectivity index (χ1v) is 4.58. The Labute approximate surface area is 88.4 Å². The fourth-order valence-electron chi connectivity index (χ4n) is 1.02. The summed E-state index contributed by atoms with van der Waals surface area (Å²) < 4.78 is 4.76. The first-order valence-electron chi connectivity index (χ1n) is 4.58. The topological polar surface area (TPSA) is 60.5 Å². The highest BCUT2D eigenvalue weighted by molar-refractivity contribution is 5.94. The van der Waals surface area contributed by atoms with Crippen LogP contribution in [0.1, 0.15) is 16.1 Å². The number of aromatic nitrogens is 1. The van der Waals surface area contributed by atoms with E-state index in [4.69, 9.17) is 9.57 Å². The summed E-state index contributed by atoms with van der Waals surface area (Å²) in [6.07, 6.45) is 1.64. The number of hydrogen-bond acceptors (Lipinski definition) is 4. The highest BCUT2D eigenvalue weighted by Gasteiger charge is 2.08. The molecule has 1 aromatic rings. The minimum absolute atomic E-state index is 0.295. The molecule has 0 atom stereocenters. The molecule has 0 bridgehead atoms. The van der Waals surface area contributed by atoms with E-state index >= 15 is 0 Å². The van der Waals surface area contributed by atoms with Crippen LogP contribution in [0.3, 0.4) is 0 Å². The minimum Gasteiger partial charge on any atom is -0.382 e. The van der Waals surface area contributed by atoms with E-state index in [0.29, 0.717) is 24.5 Å². The summed E-state index contributed by atoms with van der Waals surface area (Å²) in [5.74, 6) is -0.295. The van der Waals surface area contributed by atoms with Gasteiger partial charge in [0.25, 0.3) is 5.91 Å². The Morgan fingerprint density at radius 3 is 3.00 bits per heavy atom. The molecule has 0 aromatic carbocycles. The van der Waals surface area contributed by atoms with Gasteiger partial charge in [-0.2, -0.15) is 0 Å². The molecule has 1 heterocycles. The zero-order chi connectivity index (χ0) is 11.1. The van der Waals surface area contributed by atoms with Crippen LogP contribution in [0.25, 0.3) is 0 Å². The molecule has 1 aromatic heterocycles. The number of nitrogens with one attached hydrogen (secondary N) is 1. The first-order chi connectivity index (χ1) is 7.25. The van der Waals surface area contributed by atoms with Crippen molar-refractivity contribution in [2.45, 2.75) is 6.92 Å². The normalized spacial score (nSPS) is 10.0. The Morgan fingerprint density at radius 2 is 2.33 bits per heavy atom. The van der Waals surface area contributed by atoms with Gasteiger partial charge in [0.1, 0.15) is 0 Å². The summed E-state index contributed by atoms with van der Waals surface area (Å²) in [4.78, 5) is 20.4. The Hall–Kier alpha value is -1.46. The van der Waals surface area contributed by atoms with Gasteiger partial charge in [0, 0.05) is 13.3 Å². The number of hydrogen-bond donors (Lipinski definition) is 1. The summed E-state index contributed by atoms with van der Waals surface area (Å²) in [6.45, 7) is 2.53. The first kappa shape index (κ1) is 11.6. The summed E-state index contributed by atoms with van der Waals surface area (Å²) in [7, 11) is 1.57. The molecule has 82 valence electrons. The molecular weight excluding hydrogens is 196 g/mol. The second-order valence-electron chi connectivity index (χ2n) is 2.91. The van der Waals surface area contributed by atoms with E-state index in [2.05, 4.69) is 10.5 Å². The molecule has 5 nitrogen and oxygen atoms in total. The lowest BCUT2D eigenvalue weighted by Gasteiger charge is -2.06.